The summed E-state index contributed by atoms with van der Waals surface area (Å²) in [5, 5.41) is 0.528. The molecule has 2 nitrogen and oxygen atoms in total. The van der Waals surface area contributed by atoms with Crippen LogP contribution >= 0.6 is 27.7 Å². The first kappa shape index (κ1) is 11.9. The molecular weight excluding hydrogens is 298 g/mol. The highest BCUT2D eigenvalue weighted by Crippen LogP contribution is 2.49. The van der Waals surface area contributed by atoms with Gasteiger partial charge in [0.2, 0.25) is 0 Å². The second kappa shape index (κ2) is 4.18. The molecule has 0 amide bonds. The van der Waals surface area contributed by atoms with E-state index in [1.165, 1.54) is 5.75 Å². The smallest absolute Gasteiger partial charge is 0.126 e. The first-order valence-electron chi connectivity index (χ1n) is 5.96. The Kier molecular flexibility index (Phi) is 2.92. The largest absolute Gasteiger partial charge is 0.486 e. The topological polar surface area (TPSA) is 35.2 Å². The highest BCUT2D eigenvalue weighted by atomic mass is 79.9. The molecule has 1 aromatic carbocycles. The number of rotatable bonds is 0. The Morgan fingerprint density at radius 1 is 1.53 bits per heavy atom. The molecule has 1 aromatic rings. The minimum absolute atomic E-state index is 0.0438. The molecule has 2 aliphatic heterocycles. The maximum absolute atomic E-state index is 6.31. The van der Waals surface area contributed by atoms with Gasteiger partial charge in [-0.1, -0.05) is 22.0 Å². The van der Waals surface area contributed by atoms with Crippen LogP contribution in [0.4, 0.5) is 0 Å². The molecule has 17 heavy (non-hydrogen) atoms. The number of hydrogen-bond donors (Lipinski definition) is 1. The van der Waals surface area contributed by atoms with Crippen LogP contribution in [-0.4, -0.2) is 16.6 Å². The minimum Gasteiger partial charge on any atom is -0.486 e. The van der Waals surface area contributed by atoms with E-state index in [9.17, 15) is 0 Å². The number of hydrogen-bond acceptors (Lipinski definition) is 3. The minimum atomic E-state index is -0.0438. The highest BCUT2D eigenvalue weighted by molar-refractivity contribution is 9.10. The van der Waals surface area contributed by atoms with Gasteiger partial charge >= 0.3 is 0 Å². The van der Waals surface area contributed by atoms with E-state index in [1.54, 1.807) is 0 Å². The predicted molar refractivity (Wildman–Crippen MR) is 75.6 cm³/mol. The number of ether oxygens (including phenoxy) is 1. The quantitative estimate of drug-likeness (QED) is 0.796. The Balaban J connectivity index is 2.02. The van der Waals surface area contributed by atoms with Gasteiger partial charge in [-0.05, 0) is 31.2 Å². The van der Waals surface area contributed by atoms with Crippen LogP contribution in [0.1, 0.15) is 31.4 Å². The summed E-state index contributed by atoms with van der Waals surface area (Å²) in [6.45, 7) is 2.26. The number of halogens is 1. The van der Waals surface area contributed by atoms with Crippen molar-refractivity contribution in [2.24, 2.45) is 5.73 Å². The lowest BCUT2D eigenvalue weighted by Crippen LogP contribution is -2.47. The molecule has 1 saturated heterocycles. The Morgan fingerprint density at radius 3 is 3.06 bits per heavy atom. The van der Waals surface area contributed by atoms with Crippen LogP contribution in [0.25, 0.3) is 0 Å². The van der Waals surface area contributed by atoms with E-state index in [-0.39, 0.29) is 11.6 Å². The summed E-state index contributed by atoms with van der Waals surface area (Å²) in [6, 6.07) is 6.26. The summed E-state index contributed by atoms with van der Waals surface area (Å²) < 4.78 is 7.37. The van der Waals surface area contributed by atoms with Crippen LogP contribution in [0.15, 0.2) is 22.7 Å². The summed E-state index contributed by atoms with van der Waals surface area (Å²) in [6.07, 6.45) is 2.05. The van der Waals surface area contributed by atoms with Gasteiger partial charge in [-0.25, -0.2) is 0 Å². The van der Waals surface area contributed by atoms with E-state index in [0.29, 0.717) is 5.25 Å². The van der Waals surface area contributed by atoms with Gasteiger partial charge in [-0.2, -0.15) is 11.8 Å². The molecule has 0 radical (unpaired) electrons. The first-order valence-corrected chi connectivity index (χ1v) is 7.80. The summed E-state index contributed by atoms with van der Waals surface area (Å²) in [4.78, 5) is 0. The van der Waals surface area contributed by atoms with Gasteiger partial charge in [0.05, 0.1) is 0 Å². The van der Waals surface area contributed by atoms with Gasteiger partial charge in [0.15, 0.2) is 0 Å². The van der Waals surface area contributed by atoms with E-state index >= 15 is 0 Å². The maximum atomic E-state index is 6.31. The molecule has 1 fully saturated rings. The van der Waals surface area contributed by atoms with E-state index in [1.807, 2.05) is 23.9 Å². The molecule has 0 aromatic heterocycles. The Hall–Kier alpha value is -0.190. The van der Waals surface area contributed by atoms with Gasteiger partial charge in [-0.15, -0.1) is 0 Å². The Labute approximate surface area is 114 Å². The molecule has 2 N–H and O–H groups in total. The average molecular weight is 314 g/mol. The molecule has 3 rings (SSSR count). The molecular formula is C13H16BrNOS. The van der Waals surface area contributed by atoms with E-state index in [4.69, 9.17) is 10.5 Å². The second-order valence-corrected chi connectivity index (χ2v) is 7.29. The van der Waals surface area contributed by atoms with E-state index in [0.717, 1.165) is 28.6 Å². The van der Waals surface area contributed by atoms with Crippen molar-refractivity contribution < 1.29 is 4.74 Å². The normalized spacial score (nSPS) is 35.7. The SMILES string of the molecule is CC1SCCC12C[C@H](N)c1ccc(Br)cc1O2. The first-order chi connectivity index (χ1) is 8.11. The predicted octanol–water partition coefficient (Wildman–Crippen LogP) is 3.50. The molecule has 4 heteroatoms. The van der Waals surface area contributed by atoms with Gasteiger partial charge in [-0.3, -0.25) is 0 Å². The maximum Gasteiger partial charge on any atom is 0.126 e. The Morgan fingerprint density at radius 2 is 2.35 bits per heavy atom. The molecule has 0 aliphatic carbocycles. The zero-order valence-electron chi connectivity index (χ0n) is 9.78. The third kappa shape index (κ3) is 1.90. The van der Waals surface area contributed by atoms with Crippen LogP contribution in [0.5, 0.6) is 5.75 Å². The molecule has 2 unspecified atom stereocenters. The van der Waals surface area contributed by atoms with Crippen LogP contribution in [-0.2, 0) is 0 Å². The zero-order chi connectivity index (χ0) is 12.0. The summed E-state index contributed by atoms with van der Waals surface area (Å²) in [5.41, 5.74) is 7.41. The number of benzene rings is 1. The van der Waals surface area contributed by atoms with Crippen molar-refractivity contribution in [3.8, 4) is 5.75 Å². The van der Waals surface area contributed by atoms with Crippen LogP contribution in [0.3, 0.4) is 0 Å². The summed E-state index contributed by atoms with van der Waals surface area (Å²) in [5.74, 6) is 2.14. The second-order valence-electron chi connectivity index (χ2n) is 4.92. The van der Waals surface area contributed by atoms with Crippen molar-refractivity contribution in [3.63, 3.8) is 0 Å². The fourth-order valence-corrected chi connectivity index (χ4v) is 4.53. The van der Waals surface area contributed by atoms with Crippen LogP contribution < -0.4 is 10.5 Å². The third-order valence-electron chi connectivity index (χ3n) is 3.89. The fraction of sp³-hybridized carbons (Fsp3) is 0.538. The fourth-order valence-electron chi connectivity index (χ4n) is 2.81. The number of fused-ring (bicyclic) bond motifs is 1. The third-order valence-corrected chi connectivity index (χ3v) is 5.75. The molecule has 3 atom stereocenters. The number of thioether (sulfide) groups is 1. The molecule has 2 heterocycles. The zero-order valence-corrected chi connectivity index (χ0v) is 12.2. The van der Waals surface area contributed by atoms with Crippen molar-refractivity contribution in [2.75, 3.05) is 5.75 Å². The van der Waals surface area contributed by atoms with Crippen LogP contribution in [0.2, 0.25) is 0 Å². The van der Waals surface area contributed by atoms with Crippen molar-refractivity contribution in [2.45, 2.75) is 36.7 Å². The molecule has 0 bridgehead atoms. The lowest BCUT2D eigenvalue weighted by atomic mass is 9.84. The van der Waals surface area contributed by atoms with E-state index < -0.39 is 0 Å². The van der Waals surface area contributed by atoms with Crippen molar-refractivity contribution >= 4 is 27.7 Å². The Bertz CT molecular complexity index is 453. The number of nitrogens with two attached hydrogens (primary N) is 1. The van der Waals surface area contributed by atoms with Gasteiger partial charge < -0.3 is 10.5 Å². The van der Waals surface area contributed by atoms with Gasteiger partial charge in [0.1, 0.15) is 11.4 Å². The van der Waals surface area contributed by atoms with Crippen molar-refractivity contribution in [1.29, 1.82) is 0 Å². The monoisotopic (exact) mass is 313 g/mol. The highest BCUT2D eigenvalue weighted by Gasteiger charge is 2.47. The van der Waals surface area contributed by atoms with Gasteiger partial charge in [0.25, 0.3) is 0 Å². The lowest BCUT2D eigenvalue weighted by molar-refractivity contribution is 0.0410. The summed E-state index contributed by atoms with van der Waals surface area (Å²) >= 11 is 5.49. The van der Waals surface area contributed by atoms with Crippen molar-refractivity contribution in [1.82, 2.24) is 0 Å². The molecule has 92 valence electrons. The van der Waals surface area contributed by atoms with Crippen LogP contribution in [0, 0.1) is 0 Å². The van der Waals surface area contributed by atoms with Crippen molar-refractivity contribution in [3.05, 3.63) is 28.2 Å². The van der Waals surface area contributed by atoms with E-state index in [2.05, 4.69) is 28.9 Å². The molecule has 2 aliphatic rings. The lowest BCUT2D eigenvalue weighted by Gasteiger charge is -2.41. The molecule has 0 saturated carbocycles. The summed E-state index contributed by atoms with van der Waals surface area (Å²) in [7, 11) is 0. The standard InChI is InChI=1S/C13H16BrNOS/c1-8-13(4-5-17-8)7-11(15)10-3-2-9(14)6-12(10)16-13/h2-3,6,8,11H,4-5,7,15H2,1H3/t8?,11-,13?/m0/s1. The average Bonchev–Trinajstić information content (AvgIpc) is 2.59. The van der Waals surface area contributed by atoms with Gasteiger partial charge in [0, 0.05) is 27.7 Å². The molecule has 1 spiro atoms.